The molecule has 0 unspecified atom stereocenters. The van der Waals surface area contributed by atoms with Crippen molar-refractivity contribution >= 4 is 27.8 Å². The van der Waals surface area contributed by atoms with Crippen LogP contribution in [0.5, 0.6) is 0 Å². The van der Waals surface area contributed by atoms with E-state index in [0.29, 0.717) is 5.84 Å². The first-order valence-electron chi connectivity index (χ1n) is 5.84. The zero-order valence-corrected chi connectivity index (χ0v) is 13.9. The van der Waals surface area contributed by atoms with Crippen molar-refractivity contribution in [2.45, 2.75) is 51.4 Å². The van der Waals surface area contributed by atoms with Crippen molar-refractivity contribution in [3.05, 3.63) is 0 Å². The van der Waals surface area contributed by atoms with Gasteiger partial charge in [-0.25, -0.2) is 0 Å². The highest BCUT2D eigenvalue weighted by Crippen LogP contribution is 2.10. The minimum absolute atomic E-state index is 0.637. The minimum atomic E-state index is -1.19. The Morgan fingerprint density at radius 2 is 1.44 bits per heavy atom. The van der Waals surface area contributed by atoms with Crippen LogP contribution in [-0.4, -0.2) is 34.9 Å². The molecular weight excluding hydrogens is 230 g/mol. The molecule has 3 nitrogen and oxygen atoms in total. The van der Waals surface area contributed by atoms with Gasteiger partial charge in [0.15, 0.2) is 0 Å². The first-order valence-corrected chi connectivity index (χ1v) is 13.2. The third kappa shape index (κ3) is 8.85. The highest BCUT2D eigenvalue weighted by Gasteiger charge is 2.19. The minimum Gasteiger partial charge on any atom is -0.333 e. The maximum Gasteiger partial charge on any atom is 0.0985 e. The zero-order valence-electron chi connectivity index (χ0n) is 11.9. The number of amidine groups is 2. The molecule has 94 valence electrons. The highest BCUT2D eigenvalue weighted by atomic mass is 28.3. The van der Waals surface area contributed by atoms with Crippen molar-refractivity contribution in [3.8, 4) is 0 Å². The summed E-state index contributed by atoms with van der Waals surface area (Å²) in [6.45, 7) is 13.8. The predicted octanol–water partition coefficient (Wildman–Crippen LogP) is 3.26. The van der Waals surface area contributed by atoms with Crippen molar-refractivity contribution in [1.82, 2.24) is 5.32 Å². The summed E-state index contributed by atoms with van der Waals surface area (Å²) in [5, 5.41) is 11.1. The van der Waals surface area contributed by atoms with E-state index in [1.165, 1.54) is 0 Å². The van der Waals surface area contributed by atoms with Gasteiger partial charge in [0.2, 0.25) is 0 Å². The summed E-state index contributed by atoms with van der Waals surface area (Å²) in [6.07, 6.45) is 0. The molecular formula is C11H27N3Si2. The number of hydrogen-bond donors (Lipinski definition) is 2. The summed E-state index contributed by atoms with van der Waals surface area (Å²) in [5.74, 6) is 1.63. The fraction of sp³-hybridized carbons (Fsp3) is 0.818. The third-order valence-electron chi connectivity index (χ3n) is 1.97. The van der Waals surface area contributed by atoms with E-state index in [9.17, 15) is 0 Å². The molecule has 2 N–H and O–H groups in total. The molecule has 0 atom stereocenters. The molecule has 0 aromatic carbocycles. The quantitative estimate of drug-likeness (QED) is 0.453. The largest absolute Gasteiger partial charge is 0.333 e. The second-order valence-electron chi connectivity index (χ2n) is 6.75. The van der Waals surface area contributed by atoms with Crippen molar-refractivity contribution in [2.75, 3.05) is 7.05 Å². The van der Waals surface area contributed by atoms with Gasteiger partial charge >= 0.3 is 0 Å². The summed E-state index contributed by atoms with van der Waals surface area (Å²) in [4.78, 5) is 4.26. The Labute approximate surface area is 102 Å². The van der Waals surface area contributed by atoms with Crippen molar-refractivity contribution < 1.29 is 0 Å². The molecule has 0 amide bonds. The lowest BCUT2D eigenvalue weighted by atomic mass is 10.6. The zero-order chi connectivity index (χ0) is 13.0. The predicted molar refractivity (Wildman–Crippen MR) is 80.5 cm³/mol. The summed E-state index contributed by atoms with van der Waals surface area (Å²) < 4.78 is 0. The Kier molecular flexibility index (Phi) is 5.62. The number of aliphatic imine (C=N–C) groups is 1. The fourth-order valence-corrected chi connectivity index (χ4v) is 3.83. The van der Waals surface area contributed by atoms with E-state index in [2.05, 4.69) is 49.6 Å². The topological polar surface area (TPSA) is 48.2 Å². The van der Waals surface area contributed by atoms with E-state index < -0.39 is 16.1 Å². The molecule has 0 saturated heterocycles. The molecule has 0 rings (SSSR count). The van der Waals surface area contributed by atoms with Gasteiger partial charge in [-0.3, -0.25) is 10.4 Å². The van der Waals surface area contributed by atoms with Gasteiger partial charge in [-0.1, -0.05) is 39.3 Å². The SMILES string of the molecule is CN=C(C[Si](C)(C)C)NC(=N)C[Si](C)(C)C. The van der Waals surface area contributed by atoms with E-state index in [1.54, 1.807) is 0 Å². The number of nitrogens with one attached hydrogen (secondary N) is 2. The second kappa shape index (κ2) is 5.77. The van der Waals surface area contributed by atoms with Gasteiger partial charge in [0.25, 0.3) is 0 Å². The first kappa shape index (κ1) is 15.6. The van der Waals surface area contributed by atoms with Crippen LogP contribution in [0.15, 0.2) is 4.99 Å². The second-order valence-corrected chi connectivity index (χ2v) is 17.7. The van der Waals surface area contributed by atoms with Crippen LogP contribution < -0.4 is 5.32 Å². The molecule has 0 saturated carbocycles. The molecule has 0 aliphatic rings. The summed E-state index contributed by atoms with van der Waals surface area (Å²) in [7, 11) is -0.525. The Balaban J connectivity index is 4.31. The molecule has 0 aromatic heterocycles. The van der Waals surface area contributed by atoms with Crippen LogP contribution in [0, 0.1) is 5.41 Å². The van der Waals surface area contributed by atoms with Gasteiger partial charge in [-0.05, 0) is 12.1 Å². The maximum absolute atomic E-state index is 7.94. The van der Waals surface area contributed by atoms with E-state index in [4.69, 9.17) is 5.41 Å². The standard InChI is InChI=1S/C11H27N3Si2/c1-13-11(9-16(5,6)7)14-10(12)8-15(2,3)4/h8-9H2,1-7H3,(H2,12,13,14). The molecule has 0 aliphatic heterocycles. The smallest absolute Gasteiger partial charge is 0.0985 e. The van der Waals surface area contributed by atoms with Crippen LogP contribution in [-0.2, 0) is 0 Å². The lowest BCUT2D eigenvalue weighted by Crippen LogP contribution is -2.39. The van der Waals surface area contributed by atoms with Gasteiger partial charge in [-0.15, -0.1) is 0 Å². The Hall–Kier alpha value is -0.426. The van der Waals surface area contributed by atoms with Crippen molar-refractivity contribution in [1.29, 1.82) is 5.41 Å². The van der Waals surface area contributed by atoms with Gasteiger partial charge in [0.1, 0.15) is 0 Å². The van der Waals surface area contributed by atoms with Crippen molar-refractivity contribution in [3.63, 3.8) is 0 Å². The molecule has 0 aliphatic carbocycles. The fourth-order valence-electron chi connectivity index (χ4n) is 1.43. The van der Waals surface area contributed by atoms with Gasteiger partial charge in [0, 0.05) is 7.05 Å². The Bertz CT molecular complexity index is 272. The Morgan fingerprint density at radius 1 is 1.00 bits per heavy atom. The van der Waals surface area contributed by atoms with Gasteiger partial charge < -0.3 is 5.32 Å². The number of rotatable bonds is 4. The molecule has 0 fully saturated rings. The summed E-state index contributed by atoms with van der Waals surface area (Å²) in [6, 6.07) is 1.93. The van der Waals surface area contributed by atoms with Crippen LogP contribution in [0.4, 0.5) is 0 Å². The van der Waals surface area contributed by atoms with E-state index >= 15 is 0 Å². The van der Waals surface area contributed by atoms with Crippen LogP contribution in [0.1, 0.15) is 0 Å². The van der Waals surface area contributed by atoms with Crippen molar-refractivity contribution in [2.24, 2.45) is 4.99 Å². The molecule has 0 bridgehead atoms. The van der Waals surface area contributed by atoms with Crippen LogP contribution in [0.3, 0.4) is 0 Å². The Morgan fingerprint density at radius 3 is 1.75 bits per heavy atom. The average Bonchev–Trinajstić information content (AvgIpc) is 1.96. The monoisotopic (exact) mass is 257 g/mol. The third-order valence-corrected chi connectivity index (χ3v) is 4.78. The van der Waals surface area contributed by atoms with E-state index in [0.717, 1.165) is 17.9 Å². The highest BCUT2D eigenvalue weighted by molar-refractivity contribution is 6.80. The summed E-state index contributed by atoms with van der Waals surface area (Å²) >= 11 is 0. The summed E-state index contributed by atoms with van der Waals surface area (Å²) in [5.41, 5.74) is 0. The van der Waals surface area contributed by atoms with Crippen LogP contribution in [0.25, 0.3) is 0 Å². The lowest BCUT2D eigenvalue weighted by Gasteiger charge is -2.21. The van der Waals surface area contributed by atoms with E-state index in [-0.39, 0.29) is 0 Å². The molecule has 0 radical (unpaired) electrons. The maximum atomic E-state index is 7.94. The molecule has 0 heterocycles. The number of hydrogen-bond acceptors (Lipinski definition) is 2. The number of nitrogens with zero attached hydrogens (tertiary/aromatic N) is 1. The van der Waals surface area contributed by atoms with Gasteiger partial charge in [-0.2, -0.15) is 0 Å². The van der Waals surface area contributed by atoms with Crippen LogP contribution in [0.2, 0.25) is 51.4 Å². The molecule has 16 heavy (non-hydrogen) atoms. The molecule has 0 spiro atoms. The van der Waals surface area contributed by atoms with Crippen LogP contribution >= 0.6 is 0 Å². The molecule has 0 aromatic rings. The normalized spacial score (nSPS) is 13.8. The van der Waals surface area contributed by atoms with Gasteiger partial charge in [0.05, 0.1) is 27.8 Å². The lowest BCUT2D eigenvalue weighted by molar-refractivity contribution is 1.20. The first-order chi connectivity index (χ1) is 7.03. The van der Waals surface area contributed by atoms with E-state index in [1.807, 2.05) is 7.05 Å². The molecule has 5 heteroatoms. The average molecular weight is 258 g/mol.